The number of amides is 2. The lowest BCUT2D eigenvalue weighted by molar-refractivity contribution is -0.146. The van der Waals surface area contributed by atoms with E-state index in [1.165, 1.54) is 5.57 Å². The SMILES string of the molecule is CC(C)(C)C1=CCN(C(=O)N2CC(C(=O)O)C2)CC1. The van der Waals surface area contributed by atoms with Gasteiger partial charge in [-0.15, -0.1) is 0 Å². The van der Waals surface area contributed by atoms with Crippen LogP contribution in [0.25, 0.3) is 0 Å². The molecule has 0 saturated carbocycles. The highest BCUT2D eigenvalue weighted by Crippen LogP contribution is 2.30. The molecule has 2 heterocycles. The number of carboxylic acids is 1. The van der Waals surface area contributed by atoms with Crippen LogP contribution in [0.3, 0.4) is 0 Å². The topological polar surface area (TPSA) is 60.9 Å². The predicted octanol–water partition coefficient (Wildman–Crippen LogP) is 1.80. The summed E-state index contributed by atoms with van der Waals surface area (Å²) in [6.07, 6.45) is 3.04. The van der Waals surface area contributed by atoms with Gasteiger partial charge in [0, 0.05) is 26.2 Å². The number of urea groups is 1. The molecule has 0 bridgehead atoms. The van der Waals surface area contributed by atoms with E-state index in [0.717, 1.165) is 13.0 Å². The van der Waals surface area contributed by atoms with E-state index in [2.05, 4.69) is 26.8 Å². The number of carboxylic acid groups (broad SMARTS) is 1. The van der Waals surface area contributed by atoms with Gasteiger partial charge in [0.15, 0.2) is 0 Å². The summed E-state index contributed by atoms with van der Waals surface area (Å²) < 4.78 is 0. The van der Waals surface area contributed by atoms with Crippen LogP contribution in [0.5, 0.6) is 0 Å². The van der Waals surface area contributed by atoms with Gasteiger partial charge in [0.25, 0.3) is 0 Å². The quantitative estimate of drug-likeness (QED) is 0.736. The Labute approximate surface area is 113 Å². The van der Waals surface area contributed by atoms with Crippen molar-refractivity contribution in [2.45, 2.75) is 27.2 Å². The molecule has 2 aliphatic heterocycles. The highest BCUT2D eigenvalue weighted by Gasteiger charge is 2.38. The van der Waals surface area contributed by atoms with E-state index in [-0.39, 0.29) is 17.4 Å². The molecule has 0 aromatic rings. The molecule has 2 aliphatic rings. The minimum Gasteiger partial charge on any atom is -0.481 e. The first-order valence-electron chi connectivity index (χ1n) is 6.75. The third-order valence-corrected chi connectivity index (χ3v) is 3.94. The molecule has 1 N–H and O–H groups in total. The van der Waals surface area contributed by atoms with Gasteiger partial charge >= 0.3 is 12.0 Å². The van der Waals surface area contributed by atoms with Crippen molar-refractivity contribution in [2.24, 2.45) is 11.3 Å². The van der Waals surface area contributed by atoms with Gasteiger partial charge in [0.05, 0.1) is 5.92 Å². The minimum absolute atomic E-state index is 0.0262. The molecule has 0 aromatic carbocycles. The van der Waals surface area contributed by atoms with Crippen LogP contribution in [0.15, 0.2) is 11.6 Å². The van der Waals surface area contributed by atoms with Gasteiger partial charge < -0.3 is 14.9 Å². The number of rotatable bonds is 1. The van der Waals surface area contributed by atoms with Gasteiger partial charge in [-0.25, -0.2) is 4.79 Å². The lowest BCUT2D eigenvalue weighted by Crippen LogP contribution is -2.57. The third-order valence-electron chi connectivity index (χ3n) is 3.94. The Morgan fingerprint density at radius 2 is 1.89 bits per heavy atom. The van der Waals surface area contributed by atoms with E-state index in [1.54, 1.807) is 9.80 Å². The Bertz CT molecular complexity index is 417. The summed E-state index contributed by atoms with van der Waals surface area (Å²) in [6, 6.07) is -0.0262. The van der Waals surface area contributed by atoms with E-state index in [1.807, 2.05) is 0 Å². The van der Waals surface area contributed by atoms with Gasteiger partial charge in [-0.05, 0) is 11.8 Å². The zero-order chi connectivity index (χ0) is 14.2. The molecule has 2 amide bonds. The average molecular weight is 266 g/mol. The van der Waals surface area contributed by atoms with E-state index >= 15 is 0 Å². The molecule has 0 atom stereocenters. The van der Waals surface area contributed by atoms with Gasteiger partial charge in [0.2, 0.25) is 0 Å². The minimum atomic E-state index is -0.808. The standard InChI is InChI=1S/C14H22N2O3/c1-14(2,3)11-4-6-15(7-5-11)13(19)16-8-10(9-16)12(17)18/h4,10H,5-9H2,1-3H3,(H,17,18). The Morgan fingerprint density at radius 1 is 1.26 bits per heavy atom. The number of hydrogen-bond acceptors (Lipinski definition) is 2. The second-order valence-electron chi connectivity index (χ2n) is 6.40. The number of hydrogen-bond donors (Lipinski definition) is 1. The van der Waals surface area contributed by atoms with Crippen molar-refractivity contribution in [1.29, 1.82) is 0 Å². The summed E-state index contributed by atoms with van der Waals surface area (Å²) >= 11 is 0. The van der Waals surface area contributed by atoms with Crippen LogP contribution in [0.2, 0.25) is 0 Å². The number of likely N-dealkylation sites (tertiary alicyclic amines) is 1. The molecule has 1 saturated heterocycles. The lowest BCUT2D eigenvalue weighted by atomic mass is 9.83. The van der Waals surface area contributed by atoms with Gasteiger partial charge in [-0.2, -0.15) is 0 Å². The molecular weight excluding hydrogens is 244 g/mol. The largest absolute Gasteiger partial charge is 0.481 e. The van der Waals surface area contributed by atoms with Crippen molar-refractivity contribution >= 4 is 12.0 Å². The summed E-state index contributed by atoms with van der Waals surface area (Å²) in [7, 11) is 0. The van der Waals surface area contributed by atoms with Crippen LogP contribution in [-0.4, -0.2) is 53.1 Å². The van der Waals surface area contributed by atoms with Gasteiger partial charge in [0.1, 0.15) is 0 Å². The maximum Gasteiger partial charge on any atom is 0.320 e. The molecule has 0 aromatic heterocycles. The summed E-state index contributed by atoms with van der Waals surface area (Å²) in [6.45, 7) is 8.62. The van der Waals surface area contributed by atoms with E-state index in [9.17, 15) is 9.59 Å². The molecule has 2 rings (SSSR count). The first-order chi connectivity index (χ1) is 8.79. The number of carbonyl (C=O) groups is 2. The van der Waals surface area contributed by atoms with E-state index in [0.29, 0.717) is 19.6 Å². The Hall–Kier alpha value is -1.52. The maximum absolute atomic E-state index is 12.1. The number of carbonyl (C=O) groups excluding carboxylic acids is 1. The summed E-state index contributed by atoms with van der Waals surface area (Å²) in [5.41, 5.74) is 1.56. The van der Waals surface area contributed by atoms with Crippen LogP contribution >= 0.6 is 0 Å². The van der Waals surface area contributed by atoms with Crippen molar-refractivity contribution in [2.75, 3.05) is 26.2 Å². The van der Waals surface area contributed by atoms with Crippen molar-refractivity contribution < 1.29 is 14.7 Å². The normalized spacial score (nSPS) is 20.9. The smallest absolute Gasteiger partial charge is 0.320 e. The van der Waals surface area contributed by atoms with Crippen LogP contribution in [0.4, 0.5) is 4.79 Å². The Morgan fingerprint density at radius 3 is 2.32 bits per heavy atom. The van der Waals surface area contributed by atoms with Crippen molar-refractivity contribution in [3.8, 4) is 0 Å². The molecule has 1 fully saturated rings. The fourth-order valence-corrected chi connectivity index (χ4v) is 2.52. The zero-order valence-electron chi connectivity index (χ0n) is 11.8. The lowest BCUT2D eigenvalue weighted by Gasteiger charge is -2.41. The second-order valence-corrected chi connectivity index (χ2v) is 6.40. The van der Waals surface area contributed by atoms with Crippen molar-refractivity contribution in [3.05, 3.63) is 11.6 Å². The molecule has 19 heavy (non-hydrogen) atoms. The summed E-state index contributed by atoms with van der Waals surface area (Å²) in [5, 5.41) is 8.81. The van der Waals surface area contributed by atoms with Crippen LogP contribution < -0.4 is 0 Å². The molecule has 0 aliphatic carbocycles. The first-order valence-corrected chi connectivity index (χ1v) is 6.75. The average Bonchev–Trinajstić information content (AvgIpc) is 2.25. The number of aliphatic carboxylic acids is 1. The number of nitrogens with zero attached hydrogens (tertiary/aromatic N) is 2. The Balaban J connectivity index is 1.87. The molecular formula is C14H22N2O3. The Kier molecular flexibility index (Phi) is 3.56. The first kappa shape index (κ1) is 13.9. The van der Waals surface area contributed by atoms with E-state index < -0.39 is 5.97 Å². The van der Waals surface area contributed by atoms with Crippen LogP contribution in [0, 0.1) is 11.3 Å². The monoisotopic (exact) mass is 266 g/mol. The fraction of sp³-hybridized carbons (Fsp3) is 0.714. The van der Waals surface area contributed by atoms with Gasteiger partial charge in [-0.3, -0.25) is 4.79 Å². The molecule has 106 valence electrons. The van der Waals surface area contributed by atoms with Gasteiger partial charge in [-0.1, -0.05) is 32.4 Å². The highest BCUT2D eigenvalue weighted by molar-refractivity contribution is 5.80. The fourth-order valence-electron chi connectivity index (χ4n) is 2.52. The zero-order valence-corrected chi connectivity index (χ0v) is 11.8. The summed E-state index contributed by atoms with van der Waals surface area (Å²) in [4.78, 5) is 26.3. The van der Waals surface area contributed by atoms with E-state index in [4.69, 9.17) is 5.11 Å². The summed E-state index contributed by atoms with van der Waals surface area (Å²) in [5.74, 6) is -1.19. The van der Waals surface area contributed by atoms with Crippen molar-refractivity contribution in [1.82, 2.24) is 9.80 Å². The predicted molar refractivity (Wildman–Crippen MR) is 71.8 cm³/mol. The van der Waals surface area contributed by atoms with Crippen LogP contribution in [0.1, 0.15) is 27.2 Å². The highest BCUT2D eigenvalue weighted by atomic mass is 16.4. The molecule has 5 heteroatoms. The van der Waals surface area contributed by atoms with Crippen LogP contribution in [-0.2, 0) is 4.79 Å². The molecule has 0 spiro atoms. The third kappa shape index (κ3) is 2.91. The molecule has 5 nitrogen and oxygen atoms in total. The maximum atomic E-state index is 12.1. The van der Waals surface area contributed by atoms with Crippen molar-refractivity contribution in [3.63, 3.8) is 0 Å². The second kappa shape index (κ2) is 4.87. The molecule has 0 unspecified atom stereocenters. The molecule has 0 radical (unpaired) electrons.